The van der Waals surface area contributed by atoms with E-state index >= 15 is 0 Å². The lowest BCUT2D eigenvalue weighted by Crippen LogP contribution is -2.22. The summed E-state index contributed by atoms with van der Waals surface area (Å²) in [5.74, 6) is -1.16. The van der Waals surface area contributed by atoms with Gasteiger partial charge in [0.15, 0.2) is 0 Å². The minimum absolute atomic E-state index is 0.0364. The van der Waals surface area contributed by atoms with Crippen molar-refractivity contribution < 1.29 is 18.3 Å². The number of carbonyl (C=O) groups is 1. The van der Waals surface area contributed by atoms with Crippen LogP contribution in [-0.4, -0.2) is 58.0 Å². The first-order valence-corrected chi connectivity index (χ1v) is 7.93. The number of carboxylic acids is 1. The van der Waals surface area contributed by atoms with E-state index in [1.165, 1.54) is 32.3 Å². The van der Waals surface area contributed by atoms with Gasteiger partial charge in [-0.25, -0.2) is 17.5 Å². The molecule has 7 nitrogen and oxygen atoms in total. The zero-order chi connectivity index (χ0) is 16.0. The highest BCUT2D eigenvalue weighted by molar-refractivity contribution is 7.89. The van der Waals surface area contributed by atoms with Crippen LogP contribution in [0.1, 0.15) is 16.8 Å². The van der Waals surface area contributed by atoms with Crippen molar-refractivity contribution in [1.29, 1.82) is 0 Å². The van der Waals surface area contributed by atoms with Crippen LogP contribution in [-0.2, 0) is 10.0 Å². The van der Waals surface area contributed by atoms with Gasteiger partial charge in [0.05, 0.1) is 10.5 Å². The van der Waals surface area contributed by atoms with Crippen molar-refractivity contribution in [2.45, 2.75) is 11.3 Å². The Morgan fingerprint density at radius 3 is 2.48 bits per heavy atom. The second-order valence-electron chi connectivity index (χ2n) is 4.68. The fraction of sp³-hybridized carbons (Fsp3) is 0.462. The number of hydrogen-bond donors (Lipinski definition) is 3. The fourth-order valence-electron chi connectivity index (χ4n) is 1.71. The average Bonchev–Trinajstić information content (AvgIpc) is 2.43. The largest absolute Gasteiger partial charge is 0.478 e. The van der Waals surface area contributed by atoms with Crippen LogP contribution < -0.4 is 10.6 Å². The predicted octanol–water partition coefficient (Wildman–Crippen LogP) is 0.657. The van der Waals surface area contributed by atoms with Crippen molar-refractivity contribution in [2.75, 3.05) is 39.5 Å². The first-order chi connectivity index (χ1) is 9.80. The van der Waals surface area contributed by atoms with Crippen molar-refractivity contribution in [3.63, 3.8) is 0 Å². The third-order valence-corrected chi connectivity index (χ3v) is 4.73. The van der Waals surface area contributed by atoms with E-state index in [2.05, 4.69) is 10.6 Å². The Morgan fingerprint density at radius 1 is 1.29 bits per heavy atom. The predicted molar refractivity (Wildman–Crippen MR) is 81.3 cm³/mol. The Balaban J connectivity index is 3.06. The first-order valence-electron chi connectivity index (χ1n) is 6.49. The van der Waals surface area contributed by atoms with Gasteiger partial charge < -0.3 is 15.7 Å². The molecule has 0 atom stereocenters. The molecule has 0 aromatic heterocycles. The second-order valence-corrected chi connectivity index (χ2v) is 6.84. The van der Waals surface area contributed by atoms with Crippen LogP contribution in [0.3, 0.4) is 0 Å². The van der Waals surface area contributed by atoms with E-state index in [-0.39, 0.29) is 10.5 Å². The fourth-order valence-corrected chi connectivity index (χ4v) is 2.64. The van der Waals surface area contributed by atoms with Gasteiger partial charge in [0.1, 0.15) is 0 Å². The quantitative estimate of drug-likeness (QED) is 0.610. The van der Waals surface area contributed by atoms with Crippen LogP contribution in [0.4, 0.5) is 5.69 Å². The summed E-state index contributed by atoms with van der Waals surface area (Å²) in [5, 5.41) is 15.2. The molecule has 0 saturated heterocycles. The molecule has 0 bridgehead atoms. The molecule has 0 spiro atoms. The maximum atomic E-state index is 12.0. The van der Waals surface area contributed by atoms with Crippen LogP contribution in [0.2, 0.25) is 0 Å². The summed E-state index contributed by atoms with van der Waals surface area (Å²) in [6.45, 7) is 1.41. The van der Waals surface area contributed by atoms with Crippen molar-refractivity contribution >= 4 is 21.7 Å². The summed E-state index contributed by atoms with van der Waals surface area (Å²) < 4.78 is 25.1. The number of anilines is 1. The Morgan fingerprint density at radius 2 is 1.95 bits per heavy atom. The van der Waals surface area contributed by atoms with Gasteiger partial charge in [-0.15, -0.1) is 0 Å². The van der Waals surface area contributed by atoms with Gasteiger partial charge in [-0.05, 0) is 38.2 Å². The zero-order valence-electron chi connectivity index (χ0n) is 12.4. The number of benzene rings is 1. The first kappa shape index (κ1) is 17.4. The van der Waals surface area contributed by atoms with Gasteiger partial charge in [0.2, 0.25) is 10.0 Å². The molecule has 21 heavy (non-hydrogen) atoms. The second kappa shape index (κ2) is 7.39. The minimum Gasteiger partial charge on any atom is -0.478 e. The molecule has 1 rings (SSSR count). The molecule has 1 aromatic carbocycles. The Hall–Kier alpha value is -1.64. The Bertz CT molecular complexity index is 599. The summed E-state index contributed by atoms with van der Waals surface area (Å²) in [7, 11) is 0.995. The summed E-state index contributed by atoms with van der Waals surface area (Å²) in [6.07, 6.45) is 0.827. The maximum Gasteiger partial charge on any atom is 0.337 e. The van der Waals surface area contributed by atoms with Gasteiger partial charge in [-0.1, -0.05) is 0 Å². The smallest absolute Gasteiger partial charge is 0.337 e. The summed E-state index contributed by atoms with van der Waals surface area (Å²) in [6, 6.07) is 4.07. The number of aromatic carboxylic acids is 1. The number of nitrogens with zero attached hydrogens (tertiary/aromatic N) is 1. The lowest BCUT2D eigenvalue weighted by molar-refractivity contribution is 0.0697. The molecule has 0 aliphatic rings. The van der Waals surface area contributed by atoms with Crippen LogP contribution in [0.25, 0.3) is 0 Å². The molecule has 0 amide bonds. The summed E-state index contributed by atoms with van der Waals surface area (Å²) in [4.78, 5) is 11.3. The molecule has 0 unspecified atom stereocenters. The van der Waals surface area contributed by atoms with E-state index in [9.17, 15) is 18.3 Å². The van der Waals surface area contributed by atoms with E-state index < -0.39 is 16.0 Å². The zero-order valence-corrected chi connectivity index (χ0v) is 13.2. The molecule has 0 radical (unpaired) electrons. The van der Waals surface area contributed by atoms with E-state index in [1.807, 2.05) is 7.05 Å². The number of hydrogen-bond acceptors (Lipinski definition) is 5. The third-order valence-electron chi connectivity index (χ3n) is 2.92. The normalized spacial score (nSPS) is 11.6. The number of sulfonamides is 1. The Labute approximate surface area is 125 Å². The average molecular weight is 315 g/mol. The third kappa shape index (κ3) is 4.42. The molecule has 0 heterocycles. The number of rotatable bonds is 8. The summed E-state index contributed by atoms with van der Waals surface area (Å²) in [5.41, 5.74) is 0.360. The van der Waals surface area contributed by atoms with Gasteiger partial charge in [0.25, 0.3) is 0 Å². The lowest BCUT2D eigenvalue weighted by Gasteiger charge is -2.14. The van der Waals surface area contributed by atoms with E-state index in [0.29, 0.717) is 12.2 Å². The number of nitrogens with one attached hydrogen (secondary N) is 2. The van der Waals surface area contributed by atoms with E-state index in [4.69, 9.17) is 0 Å². The van der Waals surface area contributed by atoms with Gasteiger partial charge in [-0.2, -0.15) is 0 Å². The van der Waals surface area contributed by atoms with Gasteiger partial charge in [0, 0.05) is 26.3 Å². The SMILES string of the molecule is CNCCCNc1ccc(S(=O)(=O)N(C)C)cc1C(=O)O. The molecule has 1 aromatic rings. The molecule has 0 aliphatic heterocycles. The molecule has 0 fully saturated rings. The van der Waals surface area contributed by atoms with Crippen molar-refractivity contribution in [3.8, 4) is 0 Å². The van der Waals surface area contributed by atoms with Gasteiger partial charge >= 0.3 is 5.97 Å². The molecule has 0 aliphatic carbocycles. The highest BCUT2D eigenvalue weighted by atomic mass is 32.2. The number of carboxylic acid groups (broad SMARTS) is 1. The molecule has 3 N–H and O–H groups in total. The van der Waals surface area contributed by atoms with E-state index in [0.717, 1.165) is 17.3 Å². The van der Waals surface area contributed by atoms with Gasteiger partial charge in [-0.3, -0.25) is 0 Å². The molecular weight excluding hydrogens is 294 g/mol. The minimum atomic E-state index is -3.65. The summed E-state index contributed by atoms with van der Waals surface area (Å²) >= 11 is 0. The highest BCUT2D eigenvalue weighted by Gasteiger charge is 2.20. The van der Waals surface area contributed by atoms with Crippen LogP contribution in [0.15, 0.2) is 23.1 Å². The van der Waals surface area contributed by atoms with Crippen molar-refractivity contribution in [2.24, 2.45) is 0 Å². The van der Waals surface area contributed by atoms with Crippen molar-refractivity contribution in [3.05, 3.63) is 23.8 Å². The topological polar surface area (TPSA) is 98.7 Å². The standard InChI is InChI=1S/C13H21N3O4S/c1-14-7-4-8-15-12-6-5-10(9-11(12)13(17)18)21(19,20)16(2)3/h5-6,9,14-15H,4,7-8H2,1-3H3,(H,17,18). The van der Waals surface area contributed by atoms with Crippen molar-refractivity contribution in [1.82, 2.24) is 9.62 Å². The van der Waals surface area contributed by atoms with E-state index in [1.54, 1.807) is 0 Å². The highest BCUT2D eigenvalue weighted by Crippen LogP contribution is 2.22. The van der Waals surface area contributed by atoms with Crippen LogP contribution >= 0.6 is 0 Å². The lowest BCUT2D eigenvalue weighted by atomic mass is 10.1. The van der Waals surface area contributed by atoms with Crippen LogP contribution in [0.5, 0.6) is 0 Å². The molecule has 8 heteroatoms. The molecule has 118 valence electrons. The monoisotopic (exact) mass is 315 g/mol. The molecule has 0 saturated carbocycles. The maximum absolute atomic E-state index is 12.0. The van der Waals surface area contributed by atoms with Crippen LogP contribution in [0, 0.1) is 0 Å². The Kier molecular flexibility index (Phi) is 6.13. The molecular formula is C13H21N3O4S.